The summed E-state index contributed by atoms with van der Waals surface area (Å²) in [6.07, 6.45) is 5.49. The predicted octanol–water partition coefficient (Wildman–Crippen LogP) is 4.88. The molecule has 2 aromatic heterocycles. The SMILES string of the molecule is Cc1ccc(-c2ccccn2)cc1-c1cncc(Br)c1. The molecule has 3 rings (SSSR count). The number of hydrogen-bond acceptors (Lipinski definition) is 2. The Morgan fingerprint density at radius 1 is 0.950 bits per heavy atom. The summed E-state index contributed by atoms with van der Waals surface area (Å²) in [5.74, 6) is 0. The van der Waals surface area contributed by atoms with E-state index in [-0.39, 0.29) is 0 Å². The molecule has 0 unspecified atom stereocenters. The Morgan fingerprint density at radius 2 is 1.85 bits per heavy atom. The molecule has 0 spiro atoms. The molecule has 0 amide bonds. The number of aryl methyl sites for hydroxylation is 1. The molecular formula is C17H13BrN2. The van der Waals surface area contributed by atoms with Crippen LogP contribution in [0.25, 0.3) is 22.4 Å². The number of hydrogen-bond donors (Lipinski definition) is 0. The van der Waals surface area contributed by atoms with E-state index in [4.69, 9.17) is 0 Å². The van der Waals surface area contributed by atoms with Crippen LogP contribution in [0.2, 0.25) is 0 Å². The Labute approximate surface area is 126 Å². The zero-order chi connectivity index (χ0) is 13.9. The summed E-state index contributed by atoms with van der Waals surface area (Å²) >= 11 is 3.47. The molecule has 0 aliphatic carbocycles. The van der Waals surface area contributed by atoms with Crippen LogP contribution in [0.15, 0.2) is 65.5 Å². The van der Waals surface area contributed by atoms with Gasteiger partial charge in [-0.2, -0.15) is 0 Å². The van der Waals surface area contributed by atoms with Gasteiger partial charge in [0.25, 0.3) is 0 Å². The molecular weight excluding hydrogens is 312 g/mol. The fourth-order valence-corrected chi connectivity index (χ4v) is 2.55. The number of nitrogens with zero attached hydrogens (tertiary/aromatic N) is 2. The van der Waals surface area contributed by atoms with E-state index in [1.54, 1.807) is 6.20 Å². The van der Waals surface area contributed by atoms with Crippen LogP contribution in [-0.2, 0) is 0 Å². The fraction of sp³-hybridized carbons (Fsp3) is 0.0588. The minimum Gasteiger partial charge on any atom is -0.263 e. The summed E-state index contributed by atoms with van der Waals surface area (Å²) < 4.78 is 0.984. The van der Waals surface area contributed by atoms with E-state index in [2.05, 4.69) is 57.1 Å². The van der Waals surface area contributed by atoms with E-state index in [1.165, 1.54) is 11.1 Å². The number of aromatic nitrogens is 2. The number of rotatable bonds is 2. The highest BCUT2D eigenvalue weighted by molar-refractivity contribution is 9.10. The molecule has 2 nitrogen and oxygen atoms in total. The molecule has 2 heterocycles. The first-order chi connectivity index (χ1) is 9.74. The van der Waals surface area contributed by atoms with Crippen LogP contribution in [0.4, 0.5) is 0 Å². The molecule has 98 valence electrons. The van der Waals surface area contributed by atoms with Crippen LogP contribution < -0.4 is 0 Å². The van der Waals surface area contributed by atoms with Crippen molar-refractivity contribution in [3.8, 4) is 22.4 Å². The second-order valence-electron chi connectivity index (χ2n) is 4.64. The highest BCUT2D eigenvalue weighted by Gasteiger charge is 2.06. The first kappa shape index (κ1) is 13.0. The van der Waals surface area contributed by atoms with Crippen LogP contribution in [0.5, 0.6) is 0 Å². The van der Waals surface area contributed by atoms with Crippen LogP contribution in [0.1, 0.15) is 5.56 Å². The minimum absolute atomic E-state index is 0.983. The number of benzene rings is 1. The van der Waals surface area contributed by atoms with Crippen molar-refractivity contribution in [3.05, 3.63) is 71.1 Å². The van der Waals surface area contributed by atoms with Gasteiger partial charge in [-0.3, -0.25) is 9.97 Å². The summed E-state index contributed by atoms with van der Waals surface area (Å²) in [4.78, 5) is 8.65. The molecule has 0 bridgehead atoms. The lowest BCUT2D eigenvalue weighted by Gasteiger charge is -2.09. The first-order valence-electron chi connectivity index (χ1n) is 6.37. The van der Waals surface area contributed by atoms with Gasteiger partial charge in [0.1, 0.15) is 0 Å². The zero-order valence-electron chi connectivity index (χ0n) is 11.0. The molecule has 0 saturated heterocycles. The van der Waals surface area contributed by atoms with Gasteiger partial charge in [0.15, 0.2) is 0 Å². The lowest BCUT2D eigenvalue weighted by Crippen LogP contribution is -1.88. The molecule has 3 heteroatoms. The monoisotopic (exact) mass is 324 g/mol. The lowest BCUT2D eigenvalue weighted by molar-refractivity contribution is 1.29. The third kappa shape index (κ3) is 2.63. The van der Waals surface area contributed by atoms with Gasteiger partial charge < -0.3 is 0 Å². The molecule has 1 aromatic carbocycles. The second-order valence-corrected chi connectivity index (χ2v) is 5.55. The average Bonchev–Trinajstić information content (AvgIpc) is 2.48. The van der Waals surface area contributed by atoms with Crippen molar-refractivity contribution in [2.24, 2.45) is 0 Å². The first-order valence-corrected chi connectivity index (χ1v) is 7.16. The van der Waals surface area contributed by atoms with Gasteiger partial charge in [0, 0.05) is 34.2 Å². The fourth-order valence-electron chi connectivity index (χ4n) is 2.19. The van der Waals surface area contributed by atoms with Gasteiger partial charge in [0.2, 0.25) is 0 Å². The van der Waals surface area contributed by atoms with Crippen molar-refractivity contribution in [3.63, 3.8) is 0 Å². The third-order valence-electron chi connectivity index (χ3n) is 3.21. The van der Waals surface area contributed by atoms with Crippen LogP contribution in [0, 0.1) is 6.92 Å². The van der Waals surface area contributed by atoms with E-state index in [1.807, 2.05) is 30.6 Å². The molecule has 0 aliphatic rings. The molecule has 20 heavy (non-hydrogen) atoms. The Balaban J connectivity index is 2.12. The standard InChI is InChI=1S/C17H13BrN2/c1-12-5-6-13(17-4-2-3-7-20-17)9-16(12)14-8-15(18)11-19-10-14/h2-11H,1H3. The molecule has 0 atom stereocenters. The summed E-state index contributed by atoms with van der Waals surface area (Å²) in [6, 6.07) is 14.4. The van der Waals surface area contributed by atoms with Gasteiger partial charge >= 0.3 is 0 Å². The molecule has 0 fully saturated rings. The zero-order valence-corrected chi connectivity index (χ0v) is 12.6. The summed E-state index contributed by atoms with van der Waals surface area (Å²) in [7, 11) is 0. The summed E-state index contributed by atoms with van der Waals surface area (Å²) in [5, 5.41) is 0. The number of pyridine rings is 2. The van der Waals surface area contributed by atoms with Crippen molar-refractivity contribution < 1.29 is 0 Å². The van der Waals surface area contributed by atoms with Crippen molar-refractivity contribution in [1.82, 2.24) is 9.97 Å². The molecule has 0 aliphatic heterocycles. The Hall–Kier alpha value is -2.00. The Morgan fingerprint density at radius 3 is 2.60 bits per heavy atom. The third-order valence-corrected chi connectivity index (χ3v) is 3.65. The van der Waals surface area contributed by atoms with Gasteiger partial charge in [-0.15, -0.1) is 0 Å². The lowest BCUT2D eigenvalue weighted by atomic mass is 9.98. The van der Waals surface area contributed by atoms with Crippen LogP contribution >= 0.6 is 15.9 Å². The summed E-state index contributed by atoms with van der Waals surface area (Å²) in [6.45, 7) is 2.11. The number of halogens is 1. The Kier molecular flexibility index (Phi) is 3.61. The maximum Gasteiger partial charge on any atom is 0.0702 e. The minimum atomic E-state index is 0.983. The second kappa shape index (κ2) is 5.55. The molecule has 0 saturated carbocycles. The van der Waals surface area contributed by atoms with Crippen molar-refractivity contribution in [2.75, 3.05) is 0 Å². The highest BCUT2D eigenvalue weighted by atomic mass is 79.9. The van der Waals surface area contributed by atoms with Crippen molar-refractivity contribution in [2.45, 2.75) is 6.92 Å². The average molecular weight is 325 g/mol. The topological polar surface area (TPSA) is 25.8 Å². The van der Waals surface area contributed by atoms with Gasteiger partial charge in [-0.05, 0) is 58.2 Å². The smallest absolute Gasteiger partial charge is 0.0702 e. The van der Waals surface area contributed by atoms with E-state index in [0.29, 0.717) is 0 Å². The molecule has 3 aromatic rings. The quantitative estimate of drug-likeness (QED) is 0.671. The van der Waals surface area contributed by atoms with Gasteiger partial charge in [-0.1, -0.05) is 18.2 Å². The van der Waals surface area contributed by atoms with Crippen LogP contribution in [-0.4, -0.2) is 9.97 Å². The Bertz CT molecular complexity index is 739. The van der Waals surface area contributed by atoms with E-state index < -0.39 is 0 Å². The summed E-state index contributed by atoms with van der Waals surface area (Å²) in [5.41, 5.74) is 5.61. The van der Waals surface area contributed by atoms with Crippen molar-refractivity contribution in [1.29, 1.82) is 0 Å². The van der Waals surface area contributed by atoms with E-state index in [9.17, 15) is 0 Å². The molecule has 0 N–H and O–H groups in total. The van der Waals surface area contributed by atoms with Crippen molar-refractivity contribution >= 4 is 15.9 Å². The highest BCUT2D eigenvalue weighted by Crippen LogP contribution is 2.29. The maximum absolute atomic E-state index is 4.41. The van der Waals surface area contributed by atoms with E-state index >= 15 is 0 Å². The predicted molar refractivity (Wildman–Crippen MR) is 85.3 cm³/mol. The maximum atomic E-state index is 4.41. The molecule has 0 radical (unpaired) electrons. The van der Waals surface area contributed by atoms with E-state index in [0.717, 1.165) is 21.3 Å². The van der Waals surface area contributed by atoms with Gasteiger partial charge in [0.05, 0.1) is 5.69 Å². The van der Waals surface area contributed by atoms with Crippen LogP contribution in [0.3, 0.4) is 0 Å². The van der Waals surface area contributed by atoms with Gasteiger partial charge in [-0.25, -0.2) is 0 Å². The largest absolute Gasteiger partial charge is 0.263 e. The normalized spacial score (nSPS) is 10.5.